The van der Waals surface area contributed by atoms with Gasteiger partial charge in [0.05, 0.1) is 51.8 Å². The fraction of sp³-hybridized carbons (Fsp3) is 1.00. The van der Waals surface area contributed by atoms with Crippen molar-refractivity contribution in [2.24, 2.45) is 0 Å². The molecule has 2 unspecified atom stereocenters. The summed E-state index contributed by atoms with van der Waals surface area (Å²) < 4.78 is 15.9. The lowest BCUT2D eigenvalue weighted by atomic mass is 9.95. The molecule has 0 radical (unpaired) electrons. The topological polar surface area (TPSA) is 68.2 Å². The summed E-state index contributed by atoms with van der Waals surface area (Å²) >= 11 is 0. The first-order chi connectivity index (χ1) is 8.34. The molecule has 0 aromatic carbocycles. The van der Waals surface area contributed by atoms with Gasteiger partial charge >= 0.3 is 0 Å². The third kappa shape index (κ3) is 6.95. The molecule has 0 bridgehead atoms. The summed E-state index contributed by atoms with van der Waals surface area (Å²) in [6.07, 6.45) is 3.70. The molecule has 1 saturated carbocycles. The van der Waals surface area contributed by atoms with Gasteiger partial charge in [0.25, 0.3) is 0 Å². The van der Waals surface area contributed by atoms with Crippen LogP contribution in [0.15, 0.2) is 0 Å². The molecule has 2 N–H and O–H groups in total. The van der Waals surface area contributed by atoms with Crippen molar-refractivity contribution in [3.05, 3.63) is 0 Å². The summed E-state index contributed by atoms with van der Waals surface area (Å²) in [5.41, 5.74) is 0. The van der Waals surface area contributed by atoms with Crippen LogP contribution in [0, 0.1) is 0 Å². The molecule has 5 nitrogen and oxygen atoms in total. The molecule has 0 spiro atoms. The second-order valence-electron chi connectivity index (χ2n) is 4.21. The zero-order valence-electron chi connectivity index (χ0n) is 10.3. The molecule has 0 heterocycles. The lowest BCUT2D eigenvalue weighted by Gasteiger charge is -2.27. The summed E-state index contributed by atoms with van der Waals surface area (Å²) in [5.74, 6) is 0. The van der Waals surface area contributed by atoms with Crippen LogP contribution in [-0.4, -0.2) is 62.1 Å². The van der Waals surface area contributed by atoms with E-state index in [0.29, 0.717) is 33.0 Å². The highest BCUT2D eigenvalue weighted by molar-refractivity contribution is 4.74. The SMILES string of the molecule is OCCOCCOCCOC1CCCCC1O. The number of aliphatic hydroxyl groups is 2. The highest BCUT2D eigenvalue weighted by Crippen LogP contribution is 2.20. The lowest BCUT2D eigenvalue weighted by molar-refractivity contribution is -0.0765. The predicted octanol–water partition coefficient (Wildman–Crippen LogP) is 0.332. The normalized spacial score (nSPS) is 25.1. The maximum atomic E-state index is 9.66. The van der Waals surface area contributed by atoms with Gasteiger partial charge in [0.2, 0.25) is 0 Å². The molecule has 102 valence electrons. The molecule has 17 heavy (non-hydrogen) atoms. The van der Waals surface area contributed by atoms with Crippen molar-refractivity contribution in [3.8, 4) is 0 Å². The Kier molecular flexibility index (Phi) is 8.56. The van der Waals surface area contributed by atoms with Crippen LogP contribution in [0.1, 0.15) is 25.7 Å². The first-order valence-corrected chi connectivity index (χ1v) is 6.40. The summed E-state index contributed by atoms with van der Waals surface area (Å²) in [6.45, 7) is 2.44. The van der Waals surface area contributed by atoms with Crippen LogP contribution in [-0.2, 0) is 14.2 Å². The molecule has 1 aliphatic rings. The number of rotatable bonds is 9. The van der Waals surface area contributed by atoms with E-state index >= 15 is 0 Å². The number of ether oxygens (including phenoxy) is 3. The van der Waals surface area contributed by atoms with Gasteiger partial charge in [-0.1, -0.05) is 12.8 Å². The molecule has 0 aromatic heterocycles. The van der Waals surface area contributed by atoms with Gasteiger partial charge in [-0.3, -0.25) is 0 Å². The Morgan fingerprint density at radius 3 is 2.24 bits per heavy atom. The predicted molar refractivity (Wildman–Crippen MR) is 62.9 cm³/mol. The van der Waals surface area contributed by atoms with Crippen molar-refractivity contribution in [2.75, 3.05) is 39.6 Å². The molecule has 0 amide bonds. The number of hydrogen-bond acceptors (Lipinski definition) is 5. The molecule has 1 rings (SSSR count). The van der Waals surface area contributed by atoms with Crippen molar-refractivity contribution >= 4 is 0 Å². The van der Waals surface area contributed by atoms with E-state index in [2.05, 4.69) is 0 Å². The van der Waals surface area contributed by atoms with Gasteiger partial charge in [0.1, 0.15) is 0 Å². The summed E-state index contributed by atoms with van der Waals surface area (Å²) in [4.78, 5) is 0. The molecule has 0 saturated heterocycles. The van der Waals surface area contributed by atoms with E-state index in [0.717, 1.165) is 25.7 Å². The largest absolute Gasteiger partial charge is 0.394 e. The van der Waals surface area contributed by atoms with Crippen LogP contribution in [0.4, 0.5) is 0 Å². The molecule has 5 heteroatoms. The third-order valence-electron chi connectivity index (χ3n) is 2.83. The first-order valence-electron chi connectivity index (χ1n) is 6.40. The lowest BCUT2D eigenvalue weighted by Crippen LogP contribution is -2.33. The van der Waals surface area contributed by atoms with E-state index in [1.54, 1.807) is 0 Å². The van der Waals surface area contributed by atoms with Gasteiger partial charge in [-0.15, -0.1) is 0 Å². The molecular weight excluding hydrogens is 224 g/mol. The van der Waals surface area contributed by atoms with Gasteiger partial charge in [-0.25, -0.2) is 0 Å². The van der Waals surface area contributed by atoms with Crippen molar-refractivity contribution < 1.29 is 24.4 Å². The Labute approximate surface area is 103 Å². The summed E-state index contributed by atoms with van der Waals surface area (Å²) in [5, 5.41) is 18.1. The van der Waals surface area contributed by atoms with Gasteiger partial charge in [-0.2, -0.15) is 0 Å². The Balaban J connectivity index is 1.86. The standard InChI is InChI=1S/C12H24O5/c13-5-6-15-7-8-16-9-10-17-12-4-2-1-3-11(12)14/h11-14H,1-10H2. The number of hydrogen-bond donors (Lipinski definition) is 2. The smallest absolute Gasteiger partial charge is 0.0835 e. The zero-order valence-corrected chi connectivity index (χ0v) is 10.3. The van der Waals surface area contributed by atoms with Crippen LogP contribution in [0.5, 0.6) is 0 Å². The van der Waals surface area contributed by atoms with E-state index in [9.17, 15) is 5.11 Å². The van der Waals surface area contributed by atoms with Crippen LogP contribution >= 0.6 is 0 Å². The fourth-order valence-electron chi connectivity index (χ4n) is 1.92. The Morgan fingerprint density at radius 1 is 0.882 bits per heavy atom. The maximum absolute atomic E-state index is 9.66. The Hall–Kier alpha value is -0.200. The monoisotopic (exact) mass is 248 g/mol. The van der Waals surface area contributed by atoms with Crippen molar-refractivity contribution in [2.45, 2.75) is 37.9 Å². The molecule has 2 atom stereocenters. The van der Waals surface area contributed by atoms with Crippen LogP contribution in [0.25, 0.3) is 0 Å². The van der Waals surface area contributed by atoms with E-state index < -0.39 is 0 Å². The van der Waals surface area contributed by atoms with Gasteiger partial charge in [0, 0.05) is 0 Å². The van der Waals surface area contributed by atoms with Crippen LogP contribution in [0.3, 0.4) is 0 Å². The van der Waals surface area contributed by atoms with E-state index in [-0.39, 0.29) is 18.8 Å². The molecule has 0 aromatic rings. The van der Waals surface area contributed by atoms with Crippen molar-refractivity contribution in [1.29, 1.82) is 0 Å². The van der Waals surface area contributed by atoms with Crippen molar-refractivity contribution in [3.63, 3.8) is 0 Å². The third-order valence-corrected chi connectivity index (χ3v) is 2.83. The van der Waals surface area contributed by atoms with Crippen LogP contribution < -0.4 is 0 Å². The Bertz CT molecular complexity index is 176. The van der Waals surface area contributed by atoms with Gasteiger partial charge < -0.3 is 24.4 Å². The van der Waals surface area contributed by atoms with Gasteiger partial charge in [-0.05, 0) is 12.8 Å². The van der Waals surface area contributed by atoms with Crippen molar-refractivity contribution in [1.82, 2.24) is 0 Å². The first kappa shape index (κ1) is 14.9. The number of aliphatic hydroxyl groups excluding tert-OH is 2. The van der Waals surface area contributed by atoms with E-state index in [1.165, 1.54) is 0 Å². The molecule has 1 aliphatic carbocycles. The van der Waals surface area contributed by atoms with E-state index in [4.69, 9.17) is 19.3 Å². The second-order valence-corrected chi connectivity index (χ2v) is 4.21. The summed E-state index contributed by atoms with van der Waals surface area (Å²) in [6, 6.07) is 0. The molecule has 0 aliphatic heterocycles. The second kappa shape index (κ2) is 9.79. The average molecular weight is 248 g/mol. The maximum Gasteiger partial charge on any atom is 0.0835 e. The van der Waals surface area contributed by atoms with Gasteiger partial charge in [0.15, 0.2) is 0 Å². The van der Waals surface area contributed by atoms with E-state index in [1.807, 2.05) is 0 Å². The highest BCUT2D eigenvalue weighted by atomic mass is 16.6. The minimum Gasteiger partial charge on any atom is -0.394 e. The Morgan fingerprint density at radius 2 is 1.53 bits per heavy atom. The molecule has 1 fully saturated rings. The highest BCUT2D eigenvalue weighted by Gasteiger charge is 2.23. The quantitative estimate of drug-likeness (QED) is 0.576. The summed E-state index contributed by atoms with van der Waals surface area (Å²) in [7, 11) is 0. The zero-order chi connectivity index (χ0) is 12.3. The molecular formula is C12H24O5. The minimum absolute atomic E-state index is 0.0158. The van der Waals surface area contributed by atoms with Crippen LogP contribution in [0.2, 0.25) is 0 Å². The minimum atomic E-state index is -0.309. The fourth-order valence-corrected chi connectivity index (χ4v) is 1.92. The average Bonchev–Trinajstić information content (AvgIpc) is 2.35.